The minimum absolute atomic E-state index is 0.372. The number of hydrazone groups is 1. The molecule has 0 saturated carbocycles. The van der Waals surface area contributed by atoms with Gasteiger partial charge in [-0.1, -0.05) is 0 Å². The van der Waals surface area contributed by atoms with Gasteiger partial charge in [0.15, 0.2) is 0 Å². The van der Waals surface area contributed by atoms with Gasteiger partial charge in [-0.15, -0.1) is 0 Å². The summed E-state index contributed by atoms with van der Waals surface area (Å²) >= 11 is 1.85. The number of nitro groups is 1. The standard InChI is InChI=1S/C4H7IN4O2/c1-2-8-4(9(10)11)7(5)3-6-8/h3-4H,2H2,1H3. The van der Waals surface area contributed by atoms with Crippen molar-refractivity contribution < 1.29 is 4.92 Å². The van der Waals surface area contributed by atoms with Crippen LogP contribution in [-0.2, 0) is 0 Å². The van der Waals surface area contributed by atoms with E-state index in [1.165, 1.54) is 14.5 Å². The zero-order valence-electron chi connectivity index (χ0n) is 5.85. The zero-order chi connectivity index (χ0) is 8.43. The molecule has 0 spiro atoms. The lowest BCUT2D eigenvalue weighted by Crippen LogP contribution is -2.40. The lowest BCUT2D eigenvalue weighted by molar-refractivity contribution is -0.561. The first-order chi connectivity index (χ1) is 5.16. The van der Waals surface area contributed by atoms with Crippen molar-refractivity contribution in [2.75, 3.05) is 6.54 Å². The van der Waals surface area contributed by atoms with E-state index < -0.39 is 6.29 Å². The van der Waals surface area contributed by atoms with Gasteiger partial charge >= 0.3 is 6.29 Å². The van der Waals surface area contributed by atoms with Crippen LogP contribution in [0, 0.1) is 10.1 Å². The molecule has 0 saturated heterocycles. The molecule has 11 heavy (non-hydrogen) atoms. The van der Waals surface area contributed by atoms with Crippen molar-refractivity contribution in [3.8, 4) is 0 Å². The molecular weight excluding hydrogens is 263 g/mol. The van der Waals surface area contributed by atoms with Crippen molar-refractivity contribution in [3.63, 3.8) is 0 Å². The smallest absolute Gasteiger partial charge is 0.261 e. The predicted molar refractivity (Wildman–Crippen MR) is 47.5 cm³/mol. The molecule has 1 rings (SSSR count). The molecule has 0 amide bonds. The lowest BCUT2D eigenvalue weighted by Gasteiger charge is -2.16. The largest absolute Gasteiger partial charge is 0.392 e. The average Bonchev–Trinajstić information content (AvgIpc) is 2.30. The van der Waals surface area contributed by atoms with Crippen LogP contribution in [0.25, 0.3) is 0 Å². The summed E-state index contributed by atoms with van der Waals surface area (Å²) in [6, 6.07) is 0. The van der Waals surface area contributed by atoms with Crippen molar-refractivity contribution in [3.05, 3.63) is 10.1 Å². The Morgan fingerprint density at radius 3 is 2.91 bits per heavy atom. The minimum Gasteiger partial charge on any atom is -0.261 e. The maximum Gasteiger partial charge on any atom is 0.392 e. The quantitative estimate of drug-likeness (QED) is 0.317. The topological polar surface area (TPSA) is 62.0 Å². The Kier molecular flexibility index (Phi) is 2.47. The second-order valence-corrected chi connectivity index (χ2v) is 3.08. The molecule has 0 radical (unpaired) electrons. The Balaban J connectivity index is 2.69. The van der Waals surface area contributed by atoms with Crippen LogP contribution < -0.4 is 0 Å². The molecule has 0 fully saturated rings. The highest BCUT2D eigenvalue weighted by molar-refractivity contribution is 14.1. The van der Waals surface area contributed by atoms with E-state index in [2.05, 4.69) is 5.10 Å². The number of nitrogens with zero attached hydrogens (tertiary/aromatic N) is 4. The summed E-state index contributed by atoms with van der Waals surface area (Å²) in [5, 5.41) is 15.7. The highest BCUT2D eigenvalue weighted by Gasteiger charge is 2.35. The third kappa shape index (κ3) is 1.52. The molecule has 0 aromatic carbocycles. The molecule has 1 aliphatic rings. The summed E-state index contributed by atoms with van der Waals surface area (Å²) in [4.78, 5) is 10.0. The Hall–Kier alpha value is -0.600. The summed E-state index contributed by atoms with van der Waals surface area (Å²) < 4.78 is 1.43. The van der Waals surface area contributed by atoms with E-state index in [0.29, 0.717) is 6.54 Å². The van der Waals surface area contributed by atoms with Gasteiger partial charge in [0.25, 0.3) is 0 Å². The molecule has 6 nitrogen and oxygen atoms in total. The van der Waals surface area contributed by atoms with Crippen LogP contribution in [0.3, 0.4) is 0 Å². The van der Waals surface area contributed by atoms with Crippen LogP contribution >= 0.6 is 22.9 Å². The molecule has 7 heteroatoms. The van der Waals surface area contributed by atoms with Crippen LogP contribution in [0.2, 0.25) is 0 Å². The van der Waals surface area contributed by atoms with Crippen LogP contribution in [-0.4, -0.2) is 32.2 Å². The third-order valence-corrected chi connectivity index (χ3v) is 2.06. The van der Waals surface area contributed by atoms with Crippen LogP contribution in [0.5, 0.6) is 0 Å². The number of halogens is 1. The van der Waals surface area contributed by atoms with E-state index in [-0.39, 0.29) is 4.92 Å². The van der Waals surface area contributed by atoms with E-state index in [4.69, 9.17) is 0 Å². The predicted octanol–water partition coefficient (Wildman–Crippen LogP) is 0.478. The summed E-state index contributed by atoms with van der Waals surface area (Å²) in [6.07, 6.45) is 0.609. The van der Waals surface area contributed by atoms with Crippen molar-refractivity contribution in [1.82, 2.24) is 8.12 Å². The monoisotopic (exact) mass is 270 g/mol. The molecule has 1 aliphatic heterocycles. The van der Waals surface area contributed by atoms with E-state index >= 15 is 0 Å². The van der Waals surface area contributed by atoms with E-state index in [0.717, 1.165) is 0 Å². The Morgan fingerprint density at radius 2 is 2.55 bits per heavy atom. The second kappa shape index (κ2) is 3.20. The van der Waals surface area contributed by atoms with Crippen molar-refractivity contribution >= 4 is 29.2 Å². The fourth-order valence-electron chi connectivity index (χ4n) is 0.806. The molecule has 0 aliphatic carbocycles. The summed E-state index contributed by atoms with van der Waals surface area (Å²) in [7, 11) is 0. The first-order valence-corrected chi connectivity index (χ1v) is 4.01. The highest BCUT2D eigenvalue weighted by atomic mass is 127. The van der Waals surface area contributed by atoms with Gasteiger partial charge in [0.1, 0.15) is 6.34 Å². The van der Waals surface area contributed by atoms with Gasteiger partial charge < -0.3 is 0 Å². The Morgan fingerprint density at radius 1 is 1.91 bits per heavy atom. The zero-order valence-corrected chi connectivity index (χ0v) is 8.00. The van der Waals surface area contributed by atoms with Gasteiger partial charge in [0.2, 0.25) is 0 Å². The molecule has 0 aromatic rings. The van der Waals surface area contributed by atoms with Gasteiger partial charge in [-0.25, -0.2) is 8.12 Å². The Bertz CT molecular complexity index is 197. The summed E-state index contributed by atoms with van der Waals surface area (Å²) in [5.74, 6) is 0. The van der Waals surface area contributed by atoms with Gasteiger partial charge in [-0.05, 0) is 6.92 Å². The van der Waals surface area contributed by atoms with E-state index in [9.17, 15) is 10.1 Å². The minimum atomic E-state index is -0.833. The molecule has 1 atom stereocenters. The van der Waals surface area contributed by atoms with Gasteiger partial charge in [0.05, 0.1) is 27.8 Å². The van der Waals surface area contributed by atoms with Gasteiger partial charge in [-0.3, -0.25) is 10.1 Å². The van der Waals surface area contributed by atoms with E-state index in [1.54, 1.807) is 0 Å². The highest BCUT2D eigenvalue weighted by Crippen LogP contribution is 2.15. The second-order valence-electron chi connectivity index (χ2n) is 1.96. The molecule has 0 aromatic heterocycles. The molecule has 0 N–H and O–H groups in total. The van der Waals surface area contributed by atoms with Gasteiger partial charge in [0, 0.05) is 6.54 Å². The maximum absolute atomic E-state index is 10.4. The normalized spacial score (nSPS) is 22.9. The van der Waals surface area contributed by atoms with Crippen molar-refractivity contribution in [2.24, 2.45) is 5.10 Å². The third-order valence-electron chi connectivity index (χ3n) is 1.31. The van der Waals surface area contributed by atoms with Crippen molar-refractivity contribution in [1.29, 1.82) is 0 Å². The molecule has 1 unspecified atom stereocenters. The van der Waals surface area contributed by atoms with Crippen LogP contribution in [0.15, 0.2) is 5.10 Å². The fourth-order valence-corrected chi connectivity index (χ4v) is 1.41. The van der Waals surface area contributed by atoms with Crippen molar-refractivity contribution in [2.45, 2.75) is 13.2 Å². The number of hydrogen-bond acceptors (Lipinski definition) is 5. The average molecular weight is 270 g/mol. The van der Waals surface area contributed by atoms with E-state index in [1.807, 2.05) is 29.8 Å². The molecule has 62 valence electrons. The van der Waals surface area contributed by atoms with Gasteiger partial charge in [-0.2, -0.15) is 5.10 Å². The van der Waals surface area contributed by atoms with Crippen LogP contribution in [0.1, 0.15) is 6.92 Å². The Labute approximate surface area is 77.5 Å². The van der Waals surface area contributed by atoms with Crippen LogP contribution in [0.4, 0.5) is 0 Å². The SMILES string of the molecule is CCN1N=CN(I)C1[N+](=O)[O-]. The first-order valence-electron chi connectivity index (χ1n) is 3.05. The molecule has 0 bridgehead atoms. The fraction of sp³-hybridized carbons (Fsp3) is 0.750. The molecular formula is C4H7IN4O2. The number of hydrogen-bond donors (Lipinski definition) is 0. The summed E-state index contributed by atoms with van der Waals surface area (Å²) in [5.41, 5.74) is 0. The molecule has 1 heterocycles. The lowest BCUT2D eigenvalue weighted by atomic mass is 10.7. The summed E-state index contributed by atoms with van der Waals surface area (Å²) in [6.45, 7) is 2.37. The first kappa shape index (κ1) is 8.50. The maximum atomic E-state index is 10.4. The number of rotatable bonds is 2.